The second-order valence-electron chi connectivity index (χ2n) is 14.6. The molecule has 59 heavy (non-hydrogen) atoms. The van der Waals surface area contributed by atoms with Crippen molar-refractivity contribution in [3.8, 4) is 0 Å². The number of hydrogen-bond donors (Lipinski definition) is 0. The Hall–Kier alpha value is -7.46. The second kappa shape index (κ2) is 12.5. The molecule has 0 atom stereocenters. The number of nitrogens with zero attached hydrogens (tertiary/aromatic N) is 4. The first-order valence-corrected chi connectivity index (χ1v) is 20.9. The Morgan fingerprint density at radius 1 is 0.407 bits per heavy atom. The van der Waals surface area contributed by atoms with Crippen LogP contribution in [-0.4, -0.2) is 9.97 Å². The molecule has 0 radical (unpaired) electrons. The summed E-state index contributed by atoms with van der Waals surface area (Å²) in [5.41, 5.74) is 8.05. The Balaban J connectivity index is 0.959. The van der Waals surface area contributed by atoms with Crippen molar-refractivity contribution >= 4 is 142 Å². The van der Waals surface area contributed by atoms with E-state index in [9.17, 15) is 0 Å². The lowest BCUT2D eigenvalue weighted by Crippen LogP contribution is -2.09. The van der Waals surface area contributed by atoms with E-state index < -0.39 is 0 Å². The third-order valence-electron chi connectivity index (χ3n) is 11.1. The lowest BCUT2D eigenvalue weighted by atomic mass is 10.1. The number of benzene rings is 6. The van der Waals surface area contributed by atoms with Gasteiger partial charge in [0.05, 0.1) is 28.6 Å². The minimum atomic E-state index is 0.509. The first-order valence-electron chi connectivity index (χ1n) is 19.3. The fraction of sp³-hybridized carbons (Fsp3) is 0. The van der Waals surface area contributed by atoms with Gasteiger partial charge in [0.1, 0.15) is 43.7 Å². The molecule has 7 aromatic heterocycles. The van der Waals surface area contributed by atoms with Crippen molar-refractivity contribution in [3.63, 3.8) is 0 Å². The number of para-hydroxylation sites is 2. The van der Waals surface area contributed by atoms with E-state index in [-0.39, 0.29) is 0 Å². The number of hydrogen-bond acceptors (Lipinski definition) is 9. The second-order valence-corrected chi connectivity index (χ2v) is 16.8. The normalized spacial score (nSPS) is 12.1. The van der Waals surface area contributed by atoms with Gasteiger partial charge >= 0.3 is 0 Å². The number of rotatable bonds is 6. The Labute approximate surface area is 343 Å². The first kappa shape index (κ1) is 32.6. The van der Waals surface area contributed by atoms with Gasteiger partial charge in [-0.05, 0) is 83.6 Å². The fourth-order valence-electron chi connectivity index (χ4n) is 8.39. The number of furan rings is 3. The molecule has 0 saturated carbocycles. The highest BCUT2D eigenvalue weighted by atomic mass is 32.1. The first-order chi connectivity index (χ1) is 29.2. The van der Waals surface area contributed by atoms with Crippen LogP contribution in [0.25, 0.3) is 86.2 Å². The third-order valence-corrected chi connectivity index (χ3v) is 13.3. The molecule has 0 N–H and O–H groups in total. The van der Waals surface area contributed by atoms with Crippen molar-refractivity contribution in [2.24, 2.45) is 0 Å². The molecule has 0 aliphatic carbocycles. The Morgan fingerprint density at radius 3 is 1.58 bits per heavy atom. The van der Waals surface area contributed by atoms with Crippen LogP contribution in [0.2, 0.25) is 0 Å². The molecule has 0 amide bonds. The van der Waals surface area contributed by atoms with Crippen molar-refractivity contribution in [2.75, 3.05) is 9.80 Å². The number of anilines is 6. The van der Waals surface area contributed by atoms with Gasteiger partial charge in [0, 0.05) is 49.1 Å². The van der Waals surface area contributed by atoms with Crippen LogP contribution in [0.4, 0.5) is 32.9 Å². The van der Waals surface area contributed by atoms with Crippen LogP contribution < -0.4 is 9.80 Å². The Bertz CT molecular complexity index is 3480. The SMILES string of the molecule is c1ccc2sc(N(c3ccc4c(c3)oc3ccccc34)c3cnc4c(c3)oc3nc(N(c5ccc6c(c5)oc5ccccc56)c5cc6ccccc6s5)ccc34)cc2c1. The van der Waals surface area contributed by atoms with Crippen LogP contribution in [0.15, 0.2) is 183 Å². The predicted octanol–water partition coefficient (Wildman–Crippen LogP) is 15.5. The summed E-state index contributed by atoms with van der Waals surface area (Å²) < 4.78 is 21.8. The molecular weight excluding hydrogens is 769 g/mol. The van der Waals surface area contributed by atoms with Crippen LogP contribution in [0, 0.1) is 0 Å². The zero-order valence-electron chi connectivity index (χ0n) is 31.0. The maximum Gasteiger partial charge on any atom is 0.230 e. The summed E-state index contributed by atoms with van der Waals surface area (Å²) in [5, 5.41) is 9.63. The summed E-state index contributed by atoms with van der Waals surface area (Å²) in [4.78, 5) is 14.7. The van der Waals surface area contributed by atoms with Gasteiger partial charge in [-0.3, -0.25) is 4.90 Å². The van der Waals surface area contributed by atoms with Gasteiger partial charge in [0.25, 0.3) is 0 Å². The molecular formula is C50H28N4O3S2. The maximum absolute atomic E-state index is 6.66. The Kier molecular flexibility index (Phi) is 6.92. The van der Waals surface area contributed by atoms with E-state index in [0.717, 1.165) is 87.7 Å². The van der Waals surface area contributed by atoms with E-state index >= 15 is 0 Å². The van der Waals surface area contributed by atoms with Gasteiger partial charge in [0.2, 0.25) is 5.71 Å². The largest absolute Gasteiger partial charge is 0.456 e. The van der Waals surface area contributed by atoms with Gasteiger partial charge in [0.15, 0.2) is 5.58 Å². The average molecular weight is 797 g/mol. The minimum absolute atomic E-state index is 0.509. The smallest absolute Gasteiger partial charge is 0.230 e. The van der Waals surface area contributed by atoms with Crippen LogP contribution in [-0.2, 0) is 0 Å². The van der Waals surface area contributed by atoms with E-state index in [2.05, 4.69) is 131 Å². The molecule has 9 heteroatoms. The van der Waals surface area contributed by atoms with Crippen LogP contribution in [0.5, 0.6) is 0 Å². The molecule has 0 aliphatic rings. The van der Waals surface area contributed by atoms with Crippen molar-refractivity contribution in [1.29, 1.82) is 0 Å². The molecule has 7 heterocycles. The molecule has 278 valence electrons. The topological polar surface area (TPSA) is 71.7 Å². The molecule has 7 nitrogen and oxygen atoms in total. The molecule has 0 aliphatic heterocycles. The molecule has 0 spiro atoms. The number of pyridine rings is 2. The van der Waals surface area contributed by atoms with E-state index in [1.165, 1.54) is 20.2 Å². The van der Waals surface area contributed by atoms with Crippen molar-refractivity contribution in [3.05, 3.63) is 170 Å². The highest BCUT2D eigenvalue weighted by Gasteiger charge is 2.23. The summed E-state index contributed by atoms with van der Waals surface area (Å²) in [6, 6.07) is 56.6. The van der Waals surface area contributed by atoms with Crippen molar-refractivity contribution < 1.29 is 13.3 Å². The highest BCUT2D eigenvalue weighted by molar-refractivity contribution is 7.23. The number of thiophene rings is 2. The monoisotopic (exact) mass is 796 g/mol. The Morgan fingerprint density at radius 2 is 0.932 bits per heavy atom. The maximum atomic E-state index is 6.66. The summed E-state index contributed by atoms with van der Waals surface area (Å²) in [7, 11) is 0. The van der Waals surface area contributed by atoms with E-state index in [1.807, 2.05) is 48.7 Å². The van der Waals surface area contributed by atoms with E-state index in [0.29, 0.717) is 11.3 Å². The van der Waals surface area contributed by atoms with Crippen LogP contribution in [0.3, 0.4) is 0 Å². The lowest BCUT2D eigenvalue weighted by molar-refractivity contribution is 0.653. The zero-order valence-corrected chi connectivity index (χ0v) is 32.6. The molecule has 0 bridgehead atoms. The molecule has 0 unspecified atom stereocenters. The molecule has 13 rings (SSSR count). The standard InChI is InChI=1S/C50H28N4O3S2/c1-7-15-44-29(9-1)23-47(58-44)53(31-17-19-36-34-11-3-5-13-39(34)55-41(36)25-31)33-27-43-49(51-28-33)38-21-22-46(52-50(38)57-43)54(48-24-30-10-2-8-16-45(30)59-48)32-18-20-37-35-12-4-6-14-40(35)56-42(37)26-32/h1-28H. The van der Waals surface area contributed by atoms with Gasteiger partial charge in [-0.1, -0.05) is 72.8 Å². The molecule has 13 aromatic rings. The highest BCUT2D eigenvalue weighted by Crippen LogP contribution is 2.46. The van der Waals surface area contributed by atoms with E-state index in [4.69, 9.17) is 23.2 Å². The minimum Gasteiger partial charge on any atom is -0.456 e. The summed E-state index contributed by atoms with van der Waals surface area (Å²) >= 11 is 3.45. The van der Waals surface area contributed by atoms with Crippen LogP contribution >= 0.6 is 22.7 Å². The third kappa shape index (κ3) is 5.12. The average Bonchev–Trinajstić information content (AvgIpc) is 4.10. The van der Waals surface area contributed by atoms with Gasteiger partial charge in [-0.2, -0.15) is 4.98 Å². The number of fused-ring (bicyclic) bond motifs is 11. The zero-order chi connectivity index (χ0) is 38.6. The van der Waals surface area contributed by atoms with Gasteiger partial charge < -0.3 is 18.2 Å². The van der Waals surface area contributed by atoms with E-state index in [1.54, 1.807) is 22.7 Å². The summed E-state index contributed by atoms with van der Waals surface area (Å²) in [6.07, 6.45) is 1.92. The van der Waals surface area contributed by atoms with Crippen LogP contribution in [0.1, 0.15) is 0 Å². The van der Waals surface area contributed by atoms with Crippen molar-refractivity contribution in [1.82, 2.24) is 9.97 Å². The van der Waals surface area contributed by atoms with Crippen molar-refractivity contribution in [2.45, 2.75) is 0 Å². The van der Waals surface area contributed by atoms with Gasteiger partial charge in [-0.25, -0.2) is 4.98 Å². The van der Waals surface area contributed by atoms with Gasteiger partial charge in [-0.15, -0.1) is 22.7 Å². The number of aromatic nitrogens is 2. The fourth-order valence-corrected chi connectivity index (χ4v) is 10.6. The quantitative estimate of drug-likeness (QED) is 0.166. The summed E-state index contributed by atoms with van der Waals surface area (Å²) in [5.74, 6) is 0.727. The molecule has 0 fully saturated rings. The predicted molar refractivity (Wildman–Crippen MR) is 244 cm³/mol. The molecule has 6 aromatic carbocycles. The lowest BCUT2D eigenvalue weighted by Gasteiger charge is -2.23. The summed E-state index contributed by atoms with van der Waals surface area (Å²) in [6.45, 7) is 0. The molecule has 0 saturated heterocycles.